The fourth-order valence-electron chi connectivity index (χ4n) is 5.52. The van der Waals surface area contributed by atoms with Gasteiger partial charge in [0.25, 0.3) is 5.91 Å². The molecule has 1 saturated heterocycles. The Balaban J connectivity index is 1.38. The number of fused-ring (bicyclic) bond motifs is 1. The fraction of sp³-hybridized carbons (Fsp3) is 0.433. The van der Waals surface area contributed by atoms with Crippen molar-refractivity contribution < 1.29 is 18.7 Å². The molecule has 2 amide bonds. The van der Waals surface area contributed by atoms with Crippen LogP contribution in [-0.2, 0) is 16.0 Å². The predicted octanol–water partition coefficient (Wildman–Crippen LogP) is 2.74. The Kier molecular flexibility index (Phi) is 8.93. The number of hydrogen-bond donors (Lipinski definition) is 2. The van der Waals surface area contributed by atoms with E-state index in [0.29, 0.717) is 74.1 Å². The molecule has 5 rings (SSSR count). The lowest BCUT2D eigenvalue weighted by atomic mass is 9.95. The number of imidazole rings is 1. The number of hydrogen-bond acceptors (Lipinski definition) is 8. The maximum atomic E-state index is 14.5. The van der Waals surface area contributed by atoms with Crippen LogP contribution in [0.15, 0.2) is 47.9 Å². The number of nitrogens with zero attached hydrogens (tertiary/aromatic N) is 6. The van der Waals surface area contributed by atoms with Crippen LogP contribution in [0.3, 0.4) is 0 Å². The molecule has 222 valence electrons. The van der Waals surface area contributed by atoms with Crippen LogP contribution < -0.4 is 11.1 Å². The van der Waals surface area contributed by atoms with Crippen LogP contribution in [0.2, 0.25) is 0 Å². The number of amides is 2. The van der Waals surface area contributed by atoms with Crippen LogP contribution in [-0.4, -0.2) is 101 Å². The summed E-state index contributed by atoms with van der Waals surface area (Å²) in [4.78, 5) is 42.4. The van der Waals surface area contributed by atoms with Gasteiger partial charge in [-0.05, 0) is 37.1 Å². The van der Waals surface area contributed by atoms with Crippen molar-refractivity contribution in [1.29, 1.82) is 0 Å². The summed E-state index contributed by atoms with van der Waals surface area (Å²) >= 11 is 0. The average molecular weight is 577 g/mol. The van der Waals surface area contributed by atoms with Gasteiger partial charge in [-0.1, -0.05) is 13.0 Å². The van der Waals surface area contributed by atoms with E-state index >= 15 is 0 Å². The van der Waals surface area contributed by atoms with E-state index in [1.165, 1.54) is 6.92 Å². The Morgan fingerprint density at radius 2 is 1.95 bits per heavy atom. The van der Waals surface area contributed by atoms with Gasteiger partial charge < -0.3 is 25.6 Å². The Morgan fingerprint density at radius 3 is 2.64 bits per heavy atom. The zero-order valence-electron chi connectivity index (χ0n) is 24.2. The van der Waals surface area contributed by atoms with Crippen molar-refractivity contribution in [3.05, 3.63) is 59.7 Å². The first-order chi connectivity index (χ1) is 20.3. The average Bonchev–Trinajstić information content (AvgIpc) is 3.45. The first kappa shape index (κ1) is 29.3. The number of piperazine rings is 1. The number of alkyl halides is 1. The van der Waals surface area contributed by atoms with E-state index in [1.807, 2.05) is 35.6 Å². The van der Waals surface area contributed by atoms with Crippen LogP contribution in [0.5, 0.6) is 0 Å². The highest BCUT2D eigenvalue weighted by molar-refractivity contribution is 6.26. The number of ether oxygens (including phenoxy) is 1. The molecule has 3 aromatic rings. The Labute approximate surface area is 244 Å². The number of nitrogens with one attached hydrogen (secondary N) is 1. The van der Waals surface area contributed by atoms with Gasteiger partial charge in [0.05, 0.1) is 30.8 Å². The molecular formula is C30H37FN8O3. The smallest absolute Gasteiger partial charge is 0.254 e. The third-order valence-corrected chi connectivity index (χ3v) is 7.71. The minimum absolute atomic E-state index is 0.0239. The van der Waals surface area contributed by atoms with Gasteiger partial charge in [-0.3, -0.25) is 19.0 Å². The summed E-state index contributed by atoms with van der Waals surface area (Å²) in [7, 11) is 1.64. The van der Waals surface area contributed by atoms with Crippen molar-refractivity contribution in [2.24, 2.45) is 16.6 Å². The fourth-order valence-corrected chi connectivity index (χ4v) is 5.52. The van der Waals surface area contributed by atoms with Crippen molar-refractivity contribution in [2.45, 2.75) is 26.4 Å². The molecule has 2 aliphatic rings. The number of nitrogens with two attached hydrogens (primary N) is 1. The molecule has 1 fully saturated rings. The number of rotatable bonds is 9. The molecule has 0 saturated carbocycles. The molecule has 0 radical (unpaired) electrons. The number of aromatic nitrogens is 3. The Bertz CT molecular complexity index is 1520. The van der Waals surface area contributed by atoms with Crippen LogP contribution in [0, 0.1) is 5.92 Å². The van der Waals surface area contributed by atoms with Gasteiger partial charge in [0.1, 0.15) is 6.17 Å². The van der Waals surface area contributed by atoms with Crippen LogP contribution in [0.1, 0.15) is 35.5 Å². The molecule has 2 unspecified atom stereocenters. The SMILES string of the molecule is CCc1cc(Nc2nccn3c(C4=CC(COC)CN=C4C(C)F)cnc23)ccc1C(=O)N1CCN(C(=O)CN)CC1. The van der Waals surface area contributed by atoms with Gasteiger partial charge in [-0.2, -0.15) is 0 Å². The van der Waals surface area contributed by atoms with Gasteiger partial charge in [0.15, 0.2) is 11.5 Å². The van der Waals surface area contributed by atoms with E-state index in [4.69, 9.17) is 10.5 Å². The number of methoxy groups -OCH3 is 1. The maximum Gasteiger partial charge on any atom is 0.254 e. The van der Waals surface area contributed by atoms with E-state index in [1.54, 1.807) is 35.5 Å². The summed E-state index contributed by atoms with van der Waals surface area (Å²) in [5.41, 5.74) is 10.2. The molecule has 2 aromatic heterocycles. The minimum atomic E-state index is -1.23. The third-order valence-electron chi connectivity index (χ3n) is 7.71. The molecule has 0 aliphatic carbocycles. The molecule has 2 aliphatic heterocycles. The third kappa shape index (κ3) is 5.90. The van der Waals surface area contributed by atoms with E-state index in [-0.39, 0.29) is 24.3 Å². The first-order valence-corrected chi connectivity index (χ1v) is 14.2. The van der Waals surface area contributed by atoms with Gasteiger partial charge in [-0.15, -0.1) is 0 Å². The topological polar surface area (TPSA) is 130 Å². The van der Waals surface area contributed by atoms with Gasteiger partial charge in [0.2, 0.25) is 5.91 Å². The van der Waals surface area contributed by atoms with Crippen molar-refractivity contribution in [1.82, 2.24) is 24.2 Å². The number of carbonyl (C=O) groups excluding carboxylic acids is 2. The highest BCUT2D eigenvalue weighted by Crippen LogP contribution is 2.29. The molecule has 2 atom stereocenters. The second-order valence-electron chi connectivity index (χ2n) is 10.5. The second kappa shape index (κ2) is 12.8. The standard InChI is InChI=1S/C30H37FN8O3/c1-4-21-14-22(5-6-23(21)30(41)38-11-9-37(10-12-38)26(40)15-32)36-28-29-35-17-25(39(29)8-7-33-28)24-13-20(18-42-3)16-34-27(24)19(2)31/h5-8,13-14,17,19-20H,4,9-12,15-16,18,32H2,1-3H3,(H,33,36). The number of halogens is 1. The highest BCUT2D eigenvalue weighted by atomic mass is 19.1. The minimum Gasteiger partial charge on any atom is -0.384 e. The lowest BCUT2D eigenvalue weighted by Gasteiger charge is -2.35. The lowest BCUT2D eigenvalue weighted by molar-refractivity contribution is -0.131. The lowest BCUT2D eigenvalue weighted by Crippen LogP contribution is -2.52. The van der Waals surface area contributed by atoms with E-state index in [9.17, 15) is 14.0 Å². The van der Waals surface area contributed by atoms with E-state index in [0.717, 1.165) is 16.9 Å². The summed E-state index contributed by atoms with van der Waals surface area (Å²) in [6.07, 6.45) is 6.62. The molecule has 12 heteroatoms. The number of aryl methyl sites for hydroxylation is 1. The summed E-state index contributed by atoms with van der Waals surface area (Å²) < 4.78 is 21.7. The van der Waals surface area contributed by atoms with Crippen LogP contribution >= 0.6 is 0 Å². The van der Waals surface area contributed by atoms with Crippen molar-refractivity contribution in [2.75, 3.05) is 58.3 Å². The molecule has 11 nitrogen and oxygen atoms in total. The van der Waals surface area contributed by atoms with Gasteiger partial charge in [0, 0.05) is 75.0 Å². The summed E-state index contributed by atoms with van der Waals surface area (Å²) in [6, 6.07) is 5.63. The molecule has 0 spiro atoms. The van der Waals surface area contributed by atoms with Gasteiger partial charge >= 0.3 is 0 Å². The molecule has 3 N–H and O–H groups in total. The monoisotopic (exact) mass is 576 g/mol. The largest absolute Gasteiger partial charge is 0.384 e. The van der Waals surface area contributed by atoms with Gasteiger partial charge in [-0.25, -0.2) is 14.4 Å². The maximum absolute atomic E-state index is 14.5. The van der Waals surface area contributed by atoms with Crippen LogP contribution in [0.4, 0.5) is 15.9 Å². The first-order valence-electron chi connectivity index (χ1n) is 14.2. The predicted molar refractivity (Wildman–Crippen MR) is 160 cm³/mol. The molecule has 42 heavy (non-hydrogen) atoms. The summed E-state index contributed by atoms with van der Waals surface area (Å²) in [5.74, 6) is 0.422. The number of benzene rings is 1. The summed E-state index contributed by atoms with van der Waals surface area (Å²) in [5, 5.41) is 3.35. The number of anilines is 2. The molecule has 0 bridgehead atoms. The molecule has 1 aromatic carbocycles. The quantitative estimate of drug-likeness (QED) is 0.401. The number of allylic oxidation sites excluding steroid dienone is 1. The normalized spacial score (nSPS) is 18.1. The Hall–Kier alpha value is -4.16. The molecular weight excluding hydrogens is 539 g/mol. The number of aliphatic imine (C=N–C) groups is 1. The number of dihydropyridines is 1. The number of carbonyl (C=O) groups is 2. The van der Waals surface area contributed by atoms with Crippen molar-refractivity contribution in [3.8, 4) is 0 Å². The van der Waals surface area contributed by atoms with Crippen molar-refractivity contribution in [3.63, 3.8) is 0 Å². The Morgan fingerprint density at radius 1 is 1.19 bits per heavy atom. The zero-order chi connectivity index (χ0) is 29.8. The molecule has 4 heterocycles. The van der Waals surface area contributed by atoms with Crippen LogP contribution in [0.25, 0.3) is 11.2 Å². The second-order valence-corrected chi connectivity index (χ2v) is 10.5. The van der Waals surface area contributed by atoms with Crippen molar-refractivity contribution >= 4 is 40.3 Å². The highest BCUT2D eigenvalue weighted by Gasteiger charge is 2.27. The van der Waals surface area contributed by atoms with E-state index in [2.05, 4.69) is 20.3 Å². The summed E-state index contributed by atoms with van der Waals surface area (Å²) in [6.45, 7) is 6.35. The van der Waals surface area contributed by atoms with E-state index < -0.39 is 6.17 Å². The zero-order valence-corrected chi connectivity index (χ0v) is 24.2.